The Bertz CT molecular complexity index is 761. The van der Waals surface area contributed by atoms with Gasteiger partial charge < -0.3 is 14.2 Å². The highest BCUT2D eigenvalue weighted by molar-refractivity contribution is 9.10. The summed E-state index contributed by atoms with van der Waals surface area (Å²) in [5, 5.41) is 2.14. The third-order valence-corrected chi connectivity index (χ3v) is 4.18. The van der Waals surface area contributed by atoms with Gasteiger partial charge >= 0.3 is 6.03 Å². The first kappa shape index (κ1) is 16.5. The Kier molecular flexibility index (Phi) is 4.54. The van der Waals surface area contributed by atoms with Gasteiger partial charge in [0.25, 0.3) is 11.8 Å². The Morgan fingerprint density at radius 3 is 2.71 bits per heavy atom. The van der Waals surface area contributed by atoms with Crippen LogP contribution in [0.4, 0.5) is 4.79 Å². The minimum absolute atomic E-state index is 0.0497. The summed E-state index contributed by atoms with van der Waals surface area (Å²) in [6.45, 7) is 0.336. The number of nitrogens with zero attached hydrogens (tertiary/aromatic N) is 1. The average molecular weight is 397 g/mol. The third kappa shape index (κ3) is 3.00. The second-order valence-corrected chi connectivity index (χ2v) is 5.85. The molecule has 1 fully saturated rings. The average Bonchev–Trinajstić information content (AvgIpc) is 2.98. The molecule has 2 heterocycles. The summed E-state index contributed by atoms with van der Waals surface area (Å²) in [4.78, 5) is 37.2. The molecule has 2 aliphatic rings. The van der Waals surface area contributed by atoms with Gasteiger partial charge in [-0.25, -0.2) is 4.79 Å². The zero-order valence-corrected chi connectivity index (χ0v) is 14.2. The largest absolute Gasteiger partial charge is 0.454 e. The van der Waals surface area contributed by atoms with Crippen LogP contribution in [0.3, 0.4) is 0 Å². The monoisotopic (exact) mass is 396 g/mol. The van der Waals surface area contributed by atoms with Crippen molar-refractivity contribution in [2.45, 2.75) is 0 Å². The number of methoxy groups -OCH3 is 1. The molecule has 0 aromatic heterocycles. The van der Waals surface area contributed by atoms with Crippen LogP contribution in [0.1, 0.15) is 5.56 Å². The van der Waals surface area contributed by atoms with Crippen molar-refractivity contribution < 1.29 is 28.6 Å². The number of carbonyl (C=O) groups excluding carboxylic acids is 3. The predicted octanol–water partition coefficient (Wildman–Crippen LogP) is 1.29. The van der Waals surface area contributed by atoms with E-state index in [9.17, 15) is 14.4 Å². The molecule has 1 N–H and O–H groups in total. The second-order valence-electron chi connectivity index (χ2n) is 4.99. The normalized spacial score (nSPS) is 18.3. The van der Waals surface area contributed by atoms with Crippen molar-refractivity contribution in [3.63, 3.8) is 0 Å². The highest BCUT2D eigenvalue weighted by Crippen LogP contribution is 2.37. The maximum Gasteiger partial charge on any atom is 0.331 e. The van der Waals surface area contributed by atoms with Crippen molar-refractivity contribution in [2.75, 3.05) is 27.1 Å². The molecule has 0 bridgehead atoms. The number of fused-ring (bicyclic) bond motifs is 1. The van der Waals surface area contributed by atoms with E-state index in [1.165, 1.54) is 13.2 Å². The lowest BCUT2D eigenvalue weighted by atomic mass is 10.1. The highest BCUT2D eigenvalue weighted by atomic mass is 79.9. The van der Waals surface area contributed by atoms with Gasteiger partial charge in [-0.3, -0.25) is 19.8 Å². The Hall–Kier alpha value is -2.39. The van der Waals surface area contributed by atoms with Gasteiger partial charge in [-0.05, 0) is 23.8 Å². The van der Waals surface area contributed by atoms with Gasteiger partial charge in [0.2, 0.25) is 6.79 Å². The molecule has 24 heavy (non-hydrogen) atoms. The number of imide groups is 2. The number of halogens is 1. The zero-order chi connectivity index (χ0) is 17.3. The number of nitrogens with one attached hydrogen (secondary N) is 1. The minimum Gasteiger partial charge on any atom is -0.454 e. The lowest BCUT2D eigenvalue weighted by molar-refractivity contribution is -0.130. The fraction of sp³-hybridized carbons (Fsp3) is 0.267. The molecular weight excluding hydrogens is 384 g/mol. The van der Waals surface area contributed by atoms with Crippen LogP contribution in [0.5, 0.6) is 11.5 Å². The van der Waals surface area contributed by atoms with E-state index in [0.29, 0.717) is 21.5 Å². The Morgan fingerprint density at radius 2 is 2.00 bits per heavy atom. The number of amides is 4. The Labute approximate surface area is 145 Å². The quantitative estimate of drug-likeness (QED) is 0.608. The molecule has 0 unspecified atom stereocenters. The van der Waals surface area contributed by atoms with E-state index >= 15 is 0 Å². The SMILES string of the molecule is COCCN1C(=O)NC(=O)/C(=C\c2cc3c(cc2Br)OCO3)C1=O. The molecule has 0 spiro atoms. The van der Waals surface area contributed by atoms with Gasteiger partial charge in [-0.2, -0.15) is 0 Å². The van der Waals surface area contributed by atoms with Crippen LogP contribution in [0.2, 0.25) is 0 Å². The van der Waals surface area contributed by atoms with Crippen LogP contribution < -0.4 is 14.8 Å². The van der Waals surface area contributed by atoms with Crippen LogP contribution in [0.25, 0.3) is 6.08 Å². The van der Waals surface area contributed by atoms with E-state index in [1.54, 1.807) is 12.1 Å². The molecule has 0 atom stereocenters. The number of carbonyl (C=O) groups is 3. The zero-order valence-electron chi connectivity index (χ0n) is 12.6. The molecule has 9 heteroatoms. The van der Waals surface area contributed by atoms with Gasteiger partial charge in [0, 0.05) is 11.6 Å². The topological polar surface area (TPSA) is 94.2 Å². The number of rotatable bonds is 4. The van der Waals surface area contributed by atoms with Gasteiger partial charge in [0.15, 0.2) is 11.5 Å². The van der Waals surface area contributed by atoms with E-state index in [0.717, 1.165) is 4.90 Å². The Morgan fingerprint density at radius 1 is 1.29 bits per heavy atom. The van der Waals surface area contributed by atoms with Gasteiger partial charge in [0.05, 0.1) is 13.2 Å². The van der Waals surface area contributed by atoms with Crippen LogP contribution >= 0.6 is 15.9 Å². The smallest absolute Gasteiger partial charge is 0.331 e. The third-order valence-electron chi connectivity index (χ3n) is 3.50. The summed E-state index contributed by atoms with van der Waals surface area (Å²) < 4.78 is 16.0. The number of ether oxygens (including phenoxy) is 3. The molecular formula is C15H13BrN2O6. The fourth-order valence-electron chi connectivity index (χ4n) is 2.28. The van der Waals surface area contributed by atoms with E-state index in [2.05, 4.69) is 21.2 Å². The standard InChI is InChI=1S/C15H13BrN2O6/c1-22-3-2-18-14(20)9(13(19)17-15(18)21)4-8-5-11-12(6-10(8)16)24-7-23-11/h4-6H,2-3,7H2,1H3,(H,17,19,21)/b9-4+. The number of benzene rings is 1. The van der Waals surface area contributed by atoms with Crippen molar-refractivity contribution in [1.82, 2.24) is 10.2 Å². The molecule has 4 amide bonds. The number of hydrogen-bond donors (Lipinski definition) is 1. The fourth-order valence-corrected chi connectivity index (χ4v) is 2.72. The molecule has 8 nitrogen and oxygen atoms in total. The predicted molar refractivity (Wildman–Crippen MR) is 85.4 cm³/mol. The summed E-state index contributed by atoms with van der Waals surface area (Å²) in [5.74, 6) is -0.338. The van der Waals surface area contributed by atoms with Gasteiger partial charge in [0.1, 0.15) is 5.57 Å². The number of urea groups is 1. The molecule has 0 radical (unpaired) electrons. The van der Waals surface area contributed by atoms with Gasteiger partial charge in [-0.1, -0.05) is 15.9 Å². The molecule has 1 aromatic carbocycles. The number of hydrogen-bond acceptors (Lipinski definition) is 6. The summed E-state index contributed by atoms with van der Waals surface area (Å²) >= 11 is 3.36. The van der Waals surface area contributed by atoms with Crippen LogP contribution in [0.15, 0.2) is 22.2 Å². The van der Waals surface area contributed by atoms with Crippen LogP contribution in [-0.4, -0.2) is 49.8 Å². The summed E-state index contributed by atoms with van der Waals surface area (Å²) in [7, 11) is 1.46. The molecule has 0 aliphatic carbocycles. The summed E-state index contributed by atoms with van der Waals surface area (Å²) in [6, 6.07) is 2.58. The van der Waals surface area contributed by atoms with E-state index in [-0.39, 0.29) is 25.5 Å². The van der Waals surface area contributed by atoms with Gasteiger partial charge in [-0.15, -0.1) is 0 Å². The van der Waals surface area contributed by atoms with E-state index in [4.69, 9.17) is 14.2 Å². The highest BCUT2D eigenvalue weighted by Gasteiger charge is 2.35. The Balaban J connectivity index is 1.94. The maximum atomic E-state index is 12.5. The van der Waals surface area contributed by atoms with Crippen molar-refractivity contribution in [1.29, 1.82) is 0 Å². The molecule has 3 rings (SSSR count). The first-order chi connectivity index (χ1) is 11.5. The molecule has 0 saturated carbocycles. The summed E-state index contributed by atoms with van der Waals surface area (Å²) in [6.07, 6.45) is 1.40. The molecule has 1 saturated heterocycles. The molecule has 2 aliphatic heterocycles. The van der Waals surface area contributed by atoms with Crippen molar-refractivity contribution in [2.24, 2.45) is 0 Å². The minimum atomic E-state index is -0.760. The maximum absolute atomic E-state index is 12.5. The van der Waals surface area contributed by atoms with Crippen molar-refractivity contribution in [3.05, 3.63) is 27.7 Å². The first-order valence-electron chi connectivity index (χ1n) is 6.98. The van der Waals surface area contributed by atoms with Crippen LogP contribution in [-0.2, 0) is 14.3 Å². The lowest BCUT2D eigenvalue weighted by Crippen LogP contribution is -2.54. The second kappa shape index (κ2) is 6.62. The summed E-state index contributed by atoms with van der Waals surface area (Å²) in [5.41, 5.74) is 0.407. The first-order valence-corrected chi connectivity index (χ1v) is 7.77. The molecule has 1 aromatic rings. The van der Waals surface area contributed by atoms with Crippen LogP contribution in [0, 0.1) is 0 Å². The number of barbiturate groups is 1. The van der Waals surface area contributed by atoms with E-state index < -0.39 is 17.8 Å². The van der Waals surface area contributed by atoms with E-state index in [1.807, 2.05) is 0 Å². The van der Waals surface area contributed by atoms with Crippen molar-refractivity contribution in [3.8, 4) is 11.5 Å². The lowest BCUT2D eigenvalue weighted by Gasteiger charge is -2.26. The molecule has 126 valence electrons. The van der Waals surface area contributed by atoms with Crippen molar-refractivity contribution >= 4 is 39.9 Å².